The number of carbonyl (C=O) groups is 1. The summed E-state index contributed by atoms with van der Waals surface area (Å²) in [7, 11) is 0. The first-order valence-electron chi connectivity index (χ1n) is 8.75. The molecule has 130 valence electrons. The van der Waals surface area contributed by atoms with E-state index in [1.165, 1.54) is 12.8 Å². The van der Waals surface area contributed by atoms with E-state index in [4.69, 9.17) is 4.74 Å². The van der Waals surface area contributed by atoms with Gasteiger partial charge in [-0.1, -0.05) is 20.8 Å². The number of nitrogens with zero attached hydrogens (tertiary/aromatic N) is 1. The lowest BCUT2D eigenvalue weighted by molar-refractivity contribution is 0.0146. The van der Waals surface area contributed by atoms with Gasteiger partial charge in [0, 0.05) is 25.7 Å². The summed E-state index contributed by atoms with van der Waals surface area (Å²) < 4.78 is 5.50. The van der Waals surface area contributed by atoms with Gasteiger partial charge in [-0.05, 0) is 58.3 Å². The Morgan fingerprint density at radius 3 is 2.50 bits per heavy atom. The monoisotopic (exact) mass is 312 g/mol. The number of hydrogen-bond acceptors (Lipinski definition) is 3. The summed E-state index contributed by atoms with van der Waals surface area (Å²) in [6, 6.07) is 0.427. The zero-order valence-corrected chi connectivity index (χ0v) is 15.7. The number of amides is 1. The second-order valence-electron chi connectivity index (χ2n) is 8.52. The fourth-order valence-electron chi connectivity index (χ4n) is 2.64. The molecule has 1 aliphatic rings. The number of likely N-dealkylation sites (tertiary alicyclic amines) is 1. The van der Waals surface area contributed by atoms with Crippen molar-refractivity contribution in [1.82, 2.24) is 10.2 Å². The van der Waals surface area contributed by atoms with Crippen LogP contribution in [-0.2, 0) is 4.74 Å². The third-order valence-electron chi connectivity index (χ3n) is 4.68. The van der Waals surface area contributed by atoms with Gasteiger partial charge in [0.2, 0.25) is 0 Å². The van der Waals surface area contributed by atoms with Crippen LogP contribution < -0.4 is 5.32 Å². The van der Waals surface area contributed by atoms with Crippen LogP contribution in [0.2, 0.25) is 0 Å². The van der Waals surface area contributed by atoms with Gasteiger partial charge in [-0.3, -0.25) is 0 Å². The molecule has 1 saturated heterocycles. The summed E-state index contributed by atoms with van der Waals surface area (Å²) in [5, 5.41) is 3.67. The number of carbonyl (C=O) groups excluding carboxylic acids is 1. The van der Waals surface area contributed by atoms with E-state index in [0.29, 0.717) is 17.4 Å². The van der Waals surface area contributed by atoms with Gasteiger partial charge < -0.3 is 15.0 Å². The van der Waals surface area contributed by atoms with Crippen molar-refractivity contribution in [3.8, 4) is 0 Å². The smallest absolute Gasteiger partial charge is 0.410 e. The lowest BCUT2D eigenvalue weighted by Crippen LogP contribution is -2.49. The molecular formula is C18H36N2O2. The molecule has 1 aliphatic heterocycles. The molecule has 22 heavy (non-hydrogen) atoms. The lowest BCUT2D eigenvalue weighted by atomic mass is 9.88. The molecule has 1 amide bonds. The molecule has 0 radical (unpaired) electrons. The zero-order valence-electron chi connectivity index (χ0n) is 15.7. The molecule has 4 heteroatoms. The Labute approximate surface area is 137 Å². The molecule has 2 unspecified atom stereocenters. The summed E-state index contributed by atoms with van der Waals surface area (Å²) >= 11 is 0. The zero-order chi connectivity index (χ0) is 17.0. The molecule has 0 aromatic rings. The van der Waals surface area contributed by atoms with Crippen LogP contribution in [0.5, 0.6) is 0 Å². The minimum absolute atomic E-state index is 0.168. The molecule has 1 N–H and O–H groups in total. The molecule has 2 atom stereocenters. The maximum Gasteiger partial charge on any atom is 0.410 e. The van der Waals surface area contributed by atoms with Crippen molar-refractivity contribution in [3.05, 3.63) is 0 Å². The second kappa shape index (κ2) is 7.67. The van der Waals surface area contributed by atoms with Crippen molar-refractivity contribution >= 4 is 6.09 Å². The van der Waals surface area contributed by atoms with E-state index in [9.17, 15) is 4.79 Å². The summed E-state index contributed by atoms with van der Waals surface area (Å²) in [5.41, 5.74) is -0.0905. The van der Waals surface area contributed by atoms with Crippen LogP contribution in [0.25, 0.3) is 0 Å². The number of nitrogens with one attached hydrogen (secondary N) is 1. The van der Waals surface area contributed by atoms with E-state index in [-0.39, 0.29) is 6.09 Å². The van der Waals surface area contributed by atoms with Crippen molar-refractivity contribution in [3.63, 3.8) is 0 Å². The number of hydrogen-bond donors (Lipinski definition) is 1. The van der Waals surface area contributed by atoms with Crippen LogP contribution in [0.4, 0.5) is 4.79 Å². The fraction of sp³-hybridized carbons (Fsp3) is 0.944. The highest BCUT2D eigenvalue weighted by Gasteiger charge is 2.30. The molecule has 0 spiro atoms. The SMILES string of the molecule is CCC(C)(C)CNC(C)C1CCCN(C(=O)OC(C)(C)C)C1. The predicted octanol–water partition coefficient (Wildman–Crippen LogP) is 4.05. The Hall–Kier alpha value is -0.770. The van der Waals surface area contributed by atoms with Gasteiger partial charge in [-0.2, -0.15) is 0 Å². The van der Waals surface area contributed by atoms with Gasteiger partial charge in [-0.15, -0.1) is 0 Å². The maximum atomic E-state index is 12.2. The molecular weight excluding hydrogens is 276 g/mol. The average molecular weight is 312 g/mol. The Kier molecular flexibility index (Phi) is 6.72. The summed E-state index contributed by atoms with van der Waals surface area (Å²) in [4.78, 5) is 14.1. The van der Waals surface area contributed by atoms with E-state index < -0.39 is 5.60 Å². The Morgan fingerprint density at radius 1 is 1.32 bits per heavy atom. The van der Waals surface area contributed by atoms with E-state index >= 15 is 0 Å². The van der Waals surface area contributed by atoms with Crippen molar-refractivity contribution in [1.29, 1.82) is 0 Å². The van der Waals surface area contributed by atoms with Gasteiger partial charge in [-0.25, -0.2) is 4.79 Å². The first kappa shape index (κ1) is 19.3. The third-order valence-corrected chi connectivity index (χ3v) is 4.68. The number of ether oxygens (including phenoxy) is 1. The van der Waals surface area contributed by atoms with Crippen molar-refractivity contribution in [2.75, 3.05) is 19.6 Å². The number of rotatable bonds is 5. The van der Waals surface area contributed by atoms with Crippen molar-refractivity contribution in [2.45, 2.75) is 79.4 Å². The molecule has 0 saturated carbocycles. The largest absolute Gasteiger partial charge is 0.444 e. The van der Waals surface area contributed by atoms with Gasteiger partial charge in [0.1, 0.15) is 5.60 Å². The molecule has 0 aromatic heterocycles. The van der Waals surface area contributed by atoms with Crippen LogP contribution in [0, 0.1) is 11.3 Å². The highest BCUT2D eigenvalue weighted by molar-refractivity contribution is 5.68. The molecule has 1 heterocycles. The maximum absolute atomic E-state index is 12.2. The van der Waals surface area contributed by atoms with E-state index in [1.54, 1.807) is 0 Å². The van der Waals surface area contributed by atoms with Crippen molar-refractivity contribution in [2.24, 2.45) is 11.3 Å². The van der Waals surface area contributed by atoms with Gasteiger partial charge >= 0.3 is 6.09 Å². The molecule has 0 aliphatic carbocycles. The number of piperidine rings is 1. The quantitative estimate of drug-likeness (QED) is 0.832. The summed E-state index contributed by atoms with van der Waals surface area (Å²) in [6.07, 6.45) is 3.24. The highest BCUT2D eigenvalue weighted by Crippen LogP contribution is 2.23. The van der Waals surface area contributed by atoms with E-state index in [1.807, 2.05) is 25.7 Å². The minimum Gasteiger partial charge on any atom is -0.444 e. The van der Waals surface area contributed by atoms with Crippen molar-refractivity contribution < 1.29 is 9.53 Å². The summed E-state index contributed by atoms with van der Waals surface area (Å²) in [5.74, 6) is 0.508. The molecule has 0 bridgehead atoms. The van der Waals surface area contributed by atoms with Crippen LogP contribution in [0.15, 0.2) is 0 Å². The molecule has 1 rings (SSSR count). The predicted molar refractivity (Wildman–Crippen MR) is 92.1 cm³/mol. The normalized spacial score (nSPS) is 21.6. The second-order valence-corrected chi connectivity index (χ2v) is 8.52. The minimum atomic E-state index is -0.418. The van der Waals surface area contributed by atoms with Crippen LogP contribution >= 0.6 is 0 Å². The van der Waals surface area contributed by atoms with Gasteiger partial charge in [0.15, 0.2) is 0 Å². The van der Waals surface area contributed by atoms with Crippen LogP contribution in [0.3, 0.4) is 0 Å². The Bertz CT molecular complexity index is 361. The molecule has 0 aromatic carbocycles. The highest BCUT2D eigenvalue weighted by atomic mass is 16.6. The van der Waals surface area contributed by atoms with Gasteiger partial charge in [0.25, 0.3) is 0 Å². The third kappa shape index (κ3) is 6.55. The van der Waals surface area contributed by atoms with E-state index in [2.05, 4.69) is 33.0 Å². The van der Waals surface area contributed by atoms with E-state index in [0.717, 1.165) is 26.1 Å². The first-order valence-corrected chi connectivity index (χ1v) is 8.75. The Morgan fingerprint density at radius 2 is 1.95 bits per heavy atom. The molecule has 4 nitrogen and oxygen atoms in total. The fourth-order valence-corrected chi connectivity index (χ4v) is 2.64. The standard InChI is InChI=1S/C18H36N2O2/c1-8-18(6,7)13-19-14(2)15-10-9-11-20(12-15)16(21)22-17(3,4)5/h14-15,19H,8-13H2,1-7H3. The van der Waals surface area contributed by atoms with Crippen LogP contribution in [0.1, 0.15) is 67.7 Å². The van der Waals surface area contributed by atoms with Crippen LogP contribution in [-0.4, -0.2) is 42.3 Å². The Balaban J connectivity index is 2.50. The lowest BCUT2D eigenvalue weighted by Gasteiger charge is -2.37. The first-order chi connectivity index (χ1) is 10.0. The molecule has 1 fully saturated rings. The van der Waals surface area contributed by atoms with Gasteiger partial charge in [0.05, 0.1) is 0 Å². The topological polar surface area (TPSA) is 41.6 Å². The average Bonchev–Trinajstić information content (AvgIpc) is 2.43. The summed E-state index contributed by atoms with van der Waals surface area (Å²) in [6.45, 7) is 17.5.